The lowest BCUT2D eigenvalue weighted by Crippen LogP contribution is -2.28. The van der Waals surface area contributed by atoms with Gasteiger partial charge in [0, 0.05) is 24.2 Å². The smallest absolute Gasteiger partial charge is 0.251 e. The maximum atomic E-state index is 12.3. The van der Waals surface area contributed by atoms with Crippen molar-refractivity contribution in [3.8, 4) is 0 Å². The van der Waals surface area contributed by atoms with Crippen LogP contribution in [0.15, 0.2) is 42.5 Å². The second kappa shape index (κ2) is 6.63. The number of carbonyl (C=O) groups excluding carboxylic acids is 1. The summed E-state index contributed by atoms with van der Waals surface area (Å²) in [6.07, 6.45) is -0.785. The number of hydrogen-bond acceptors (Lipinski definition) is 3. The average Bonchev–Trinajstić information content (AvgIpc) is 2.87. The summed E-state index contributed by atoms with van der Waals surface area (Å²) in [4.78, 5) is 16.7. The predicted octanol–water partition coefficient (Wildman–Crippen LogP) is 3.00. The van der Waals surface area contributed by atoms with Crippen LogP contribution in [-0.2, 0) is 7.05 Å². The molecule has 0 spiro atoms. The standard InChI is InChI=1S/C18H18ClN3O2/c1-11-21-15-9-13(5-8-16(15)22(11)2)18(24)20-10-17(23)12-3-6-14(19)7-4-12/h3-9,17,23H,10H2,1-2H3,(H,20,24). The van der Waals surface area contributed by atoms with Crippen LogP contribution in [0.1, 0.15) is 27.8 Å². The second-order valence-corrected chi connectivity index (χ2v) is 6.14. The van der Waals surface area contributed by atoms with E-state index >= 15 is 0 Å². The van der Waals surface area contributed by atoms with Crippen LogP contribution in [0.25, 0.3) is 11.0 Å². The lowest BCUT2D eigenvalue weighted by molar-refractivity contribution is 0.0916. The lowest BCUT2D eigenvalue weighted by atomic mass is 10.1. The number of aliphatic hydroxyl groups excluding tert-OH is 1. The highest BCUT2D eigenvalue weighted by molar-refractivity contribution is 6.30. The van der Waals surface area contributed by atoms with Crippen LogP contribution in [-0.4, -0.2) is 27.1 Å². The Kier molecular flexibility index (Phi) is 4.55. The third-order valence-corrected chi connectivity index (χ3v) is 4.33. The molecule has 6 heteroatoms. The normalized spacial score (nSPS) is 12.3. The molecule has 0 saturated carbocycles. The van der Waals surface area contributed by atoms with Gasteiger partial charge in [-0.1, -0.05) is 23.7 Å². The van der Waals surface area contributed by atoms with Crippen molar-refractivity contribution in [3.05, 3.63) is 64.4 Å². The SMILES string of the molecule is Cc1nc2cc(C(=O)NCC(O)c3ccc(Cl)cc3)ccc2n1C. The fourth-order valence-corrected chi connectivity index (χ4v) is 2.68. The summed E-state index contributed by atoms with van der Waals surface area (Å²) in [5.41, 5.74) is 2.98. The van der Waals surface area contributed by atoms with Crippen molar-refractivity contribution in [2.75, 3.05) is 6.54 Å². The Morgan fingerprint density at radius 3 is 2.71 bits per heavy atom. The van der Waals surface area contributed by atoms with Gasteiger partial charge >= 0.3 is 0 Å². The van der Waals surface area contributed by atoms with Crippen LogP contribution in [0, 0.1) is 6.92 Å². The number of amides is 1. The minimum absolute atomic E-state index is 0.125. The van der Waals surface area contributed by atoms with Gasteiger partial charge in [0.15, 0.2) is 0 Å². The molecule has 0 radical (unpaired) electrons. The van der Waals surface area contributed by atoms with E-state index in [9.17, 15) is 9.90 Å². The monoisotopic (exact) mass is 343 g/mol. The Morgan fingerprint density at radius 1 is 1.29 bits per heavy atom. The molecule has 124 valence electrons. The largest absolute Gasteiger partial charge is 0.387 e. The molecule has 0 saturated heterocycles. The second-order valence-electron chi connectivity index (χ2n) is 5.70. The number of aliphatic hydroxyl groups is 1. The van der Waals surface area contributed by atoms with E-state index in [1.54, 1.807) is 36.4 Å². The van der Waals surface area contributed by atoms with Gasteiger partial charge in [-0.2, -0.15) is 0 Å². The molecule has 3 aromatic rings. The van der Waals surface area contributed by atoms with Crippen LogP contribution < -0.4 is 5.32 Å². The molecule has 0 aliphatic carbocycles. The number of aryl methyl sites for hydroxylation is 2. The van der Waals surface area contributed by atoms with Crippen molar-refractivity contribution in [2.24, 2.45) is 7.05 Å². The highest BCUT2D eigenvalue weighted by atomic mass is 35.5. The lowest BCUT2D eigenvalue weighted by Gasteiger charge is -2.12. The number of rotatable bonds is 4. The summed E-state index contributed by atoms with van der Waals surface area (Å²) in [6.45, 7) is 2.04. The van der Waals surface area contributed by atoms with Crippen LogP contribution >= 0.6 is 11.6 Å². The molecule has 2 aromatic carbocycles. The van der Waals surface area contributed by atoms with E-state index in [4.69, 9.17) is 11.6 Å². The predicted molar refractivity (Wildman–Crippen MR) is 94.2 cm³/mol. The van der Waals surface area contributed by atoms with Crippen molar-refractivity contribution < 1.29 is 9.90 Å². The zero-order valence-corrected chi connectivity index (χ0v) is 14.2. The molecule has 3 rings (SSSR count). The van der Waals surface area contributed by atoms with Crippen LogP contribution in [0.4, 0.5) is 0 Å². The van der Waals surface area contributed by atoms with Gasteiger partial charge in [0.25, 0.3) is 5.91 Å². The van der Waals surface area contributed by atoms with Crippen LogP contribution in [0.2, 0.25) is 5.02 Å². The molecule has 1 amide bonds. The number of fused-ring (bicyclic) bond motifs is 1. The molecular formula is C18H18ClN3O2. The maximum absolute atomic E-state index is 12.3. The van der Waals surface area contributed by atoms with Crippen molar-refractivity contribution >= 4 is 28.5 Å². The highest BCUT2D eigenvalue weighted by Crippen LogP contribution is 2.18. The van der Waals surface area contributed by atoms with Gasteiger partial charge < -0.3 is 15.0 Å². The van der Waals surface area contributed by atoms with E-state index in [-0.39, 0.29) is 12.5 Å². The fraction of sp³-hybridized carbons (Fsp3) is 0.222. The average molecular weight is 344 g/mol. The van der Waals surface area contributed by atoms with Crippen molar-refractivity contribution in [2.45, 2.75) is 13.0 Å². The zero-order chi connectivity index (χ0) is 17.3. The van der Waals surface area contributed by atoms with Crippen molar-refractivity contribution in [3.63, 3.8) is 0 Å². The van der Waals surface area contributed by atoms with E-state index < -0.39 is 6.10 Å². The van der Waals surface area contributed by atoms with Gasteiger partial charge in [0.1, 0.15) is 5.82 Å². The summed E-state index contributed by atoms with van der Waals surface area (Å²) >= 11 is 5.83. The quantitative estimate of drug-likeness (QED) is 0.765. The zero-order valence-electron chi connectivity index (χ0n) is 13.5. The molecule has 24 heavy (non-hydrogen) atoms. The Bertz CT molecular complexity index is 887. The first-order chi connectivity index (χ1) is 11.5. The Hall–Kier alpha value is -2.37. The van der Waals surface area contributed by atoms with Gasteiger partial charge in [0.2, 0.25) is 0 Å². The summed E-state index contributed by atoms with van der Waals surface area (Å²) in [6, 6.07) is 12.3. The third kappa shape index (κ3) is 3.27. The van der Waals surface area contributed by atoms with Crippen molar-refractivity contribution in [1.29, 1.82) is 0 Å². The maximum Gasteiger partial charge on any atom is 0.251 e. The number of hydrogen-bond donors (Lipinski definition) is 2. The Morgan fingerprint density at radius 2 is 2.00 bits per heavy atom. The van der Waals surface area contributed by atoms with Gasteiger partial charge in [-0.05, 0) is 42.8 Å². The van der Waals surface area contributed by atoms with E-state index in [1.807, 2.05) is 24.6 Å². The molecule has 1 aromatic heterocycles. The van der Waals surface area contributed by atoms with E-state index in [0.717, 1.165) is 16.9 Å². The summed E-state index contributed by atoms with van der Waals surface area (Å²) < 4.78 is 1.97. The van der Waals surface area contributed by atoms with Crippen molar-refractivity contribution in [1.82, 2.24) is 14.9 Å². The molecule has 1 unspecified atom stereocenters. The molecular weight excluding hydrogens is 326 g/mol. The van der Waals surface area contributed by atoms with Gasteiger partial charge in [0.05, 0.1) is 17.1 Å². The third-order valence-electron chi connectivity index (χ3n) is 4.08. The van der Waals surface area contributed by atoms with E-state index in [1.165, 1.54) is 0 Å². The number of carbonyl (C=O) groups is 1. The van der Waals surface area contributed by atoms with E-state index in [2.05, 4.69) is 10.3 Å². The van der Waals surface area contributed by atoms with E-state index in [0.29, 0.717) is 16.1 Å². The minimum atomic E-state index is -0.785. The first-order valence-corrected chi connectivity index (χ1v) is 7.98. The number of halogens is 1. The Balaban J connectivity index is 1.69. The molecule has 5 nitrogen and oxygen atoms in total. The Labute approximate surface area is 144 Å². The number of aromatic nitrogens is 2. The summed E-state index contributed by atoms with van der Waals surface area (Å²) in [5.74, 6) is 0.647. The molecule has 0 fully saturated rings. The summed E-state index contributed by atoms with van der Waals surface area (Å²) in [7, 11) is 1.94. The first-order valence-electron chi connectivity index (χ1n) is 7.60. The minimum Gasteiger partial charge on any atom is -0.387 e. The summed E-state index contributed by atoms with van der Waals surface area (Å²) in [5, 5.41) is 13.5. The first kappa shape index (κ1) is 16.5. The van der Waals surface area contributed by atoms with Gasteiger partial charge in [-0.15, -0.1) is 0 Å². The molecule has 0 aliphatic heterocycles. The molecule has 2 N–H and O–H groups in total. The highest BCUT2D eigenvalue weighted by Gasteiger charge is 2.13. The topological polar surface area (TPSA) is 67.2 Å². The van der Waals surface area contributed by atoms with Crippen LogP contribution in [0.5, 0.6) is 0 Å². The number of nitrogens with one attached hydrogen (secondary N) is 1. The number of imidazole rings is 1. The number of benzene rings is 2. The van der Waals surface area contributed by atoms with Gasteiger partial charge in [-0.25, -0.2) is 4.98 Å². The number of nitrogens with zero attached hydrogens (tertiary/aromatic N) is 2. The van der Waals surface area contributed by atoms with Crippen LogP contribution in [0.3, 0.4) is 0 Å². The molecule has 0 aliphatic rings. The molecule has 0 bridgehead atoms. The van der Waals surface area contributed by atoms with Gasteiger partial charge in [-0.3, -0.25) is 4.79 Å². The fourth-order valence-electron chi connectivity index (χ4n) is 2.56. The molecule has 1 heterocycles. The molecule has 1 atom stereocenters.